The molecule has 1 rings (SSSR count). The van der Waals surface area contributed by atoms with Gasteiger partial charge in [0.05, 0.1) is 5.02 Å². The minimum absolute atomic E-state index is 0.831. The van der Waals surface area contributed by atoms with Crippen LogP contribution in [0.4, 0.5) is 0 Å². The van der Waals surface area contributed by atoms with Crippen LogP contribution in [0.3, 0.4) is 0 Å². The molecule has 0 saturated carbocycles. The molecule has 0 radical (unpaired) electrons. The Hall–Kier alpha value is 0.560. The van der Waals surface area contributed by atoms with Crippen LogP contribution in [-0.4, -0.2) is 12.5 Å². The molecular weight excluding hydrogens is 216 g/mol. The van der Waals surface area contributed by atoms with Gasteiger partial charge in [-0.15, -0.1) is 0 Å². The van der Waals surface area contributed by atoms with Gasteiger partial charge in [0.15, 0.2) is 0 Å². The van der Waals surface area contributed by atoms with Gasteiger partial charge in [-0.3, -0.25) is 0 Å². The van der Waals surface area contributed by atoms with E-state index < -0.39 is 0 Å². The van der Waals surface area contributed by atoms with E-state index in [0.29, 0.717) is 0 Å². The van der Waals surface area contributed by atoms with Crippen molar-refractivity contribution in [1.29, 1.82) is 0 Å². The molecule has 0 spiro atoms. The molecule has 4 heteroatoms. The zero-order valence-electron chi connectivity index (χ0n) is 6.26. The van der Waals surface area contributed by atoms with Crippen molar-refractivity contribution in [2.75, 3.05) is 12.5 Å². The molecule has 0 bridgehead atoms. The summed E-state index contributed by atoms with van der Waals surface area (Å²) >= 11 is 11.1. The number of hydrogen-bond acceptors (Lipinski definition) is 2. The van der Waals surface area contributed by atoms with Crippen LogP contribution in [0, 0.1) is 0 Å². The second-order valence-electron chi connectivity index (χ2n) is 1.82. The second-order valence-corrected chi connectivity index (χ2v) is 5.56. The number of thioether (sulfide) groups is 2. The molecule has 0 unspecified atom stereocenters. The van der Waals surface area contributed by atoms with E-state index in [2.05, 4.69) is 12.5 Å². The van der Waals surface area contributed by atoms with Crippen LogP contribution >= 0.6 is 46.5 Å². The Kier molecular flexibility index (Phi) is 3.99. The maximum atomic E-state index is 5.89. The summed E-state index contributed by atoms with van der Waals surface area (Å²) in [6, 6.07) is 3.99. The fraction of sp³-hybridized carbons (Fsp3) is 0.286. The fourth-order valence-electron chi connectivity index (χ4n) is 0.626. The minimum Gasteiger partial charge on any atom is -0.0839 e. The largest absolute Gasteiger partial charge is 0.266 e. The molecule has 0 aliphatic carbocycles. The maximum absolute atomic E-state index is 5.89. The zero-order chi connectivity index (χ0) is 8.27. The summed E-state index contributed by atoms with van der Waals surface area (Å²) in [6.45, 7) is 0. The fourth-order valence-corrected chi connectivity index (χ4v) is 3.53. The summed E-state index contributed by atoms with van der Waals surface area (Å²) in [5.74, 6) is 0. The van der Waals surface area contributed by atoms with Crippen LogP contribution in [0.15, 0.2) is 20.6 Å². The Labute approximate surface area is 84.4 Å². The van der Waals surface area contributed by atoms with E-state index in [9.17, 15) is 0 Å². The van der Waals surface area contributed by atoms with Crippen molar-refractivity contribution in [2.24, 2.45) is 0 Å². The normalized spacial score (nSPS) is 10.1. The third-order valence-corrected chi connectivity index (χ3v) is 4.51. The third-order valence-electron chi connectivity index (χ3n) is 1.12. The predicted molar refractivity (Wildman–Crippen MR) is 57.3 cm³/mol. The summed E-state index contributed by atoms with van der Waals surface area (Å²) in [5.41, 5.74) is 0. The zero-order valence-corrected chi connectivity index (χ0v) is 9.46. The van der Waals surface area contributed by atoms with Gasteiger partial charge in [0, 0.05) is 12.1 Å². The van der Waals surface area contributed by atoms with E-state index in [4.69, 9.17) is 11.6 Å². The van der Waals surface area contributed by atoms with E-state index in [1.54, 1.807) is 34.9 Å². The molecule has 11 heavy (non-hydrogen) atoms. The van der Waals surface area contributed by atoms with Gasteiger partial charge in [-0.25, -0.2) is 0 Å². The highest BCUT2D eigenvalue weighted by Gasteiger charge is 2.11. The van der Waals surface area contributed by atoms with Gasteiger partial charge in [-0.1, -0.05) is 35.1 Å². The SMILES string of the molecule is CSc1cc(Cl)cc(SC)[s+]1. The highest BCUT2D eigenvalue weighted by molar-refractivity contribution is 8.02. The first kappa shape index (κ1) is 9.65. The van der Waals surface area contributed by atoms with E-state index in [-0.39, 0.29) is 0 Å². The first-order valence-corrected chi connectivity index (χ1v) is 6.62. The van der Waals surface area contributed by atoms with Gasteiger partial charge in [0.2, 0.25) is 11.3 Å². The van der Waals surface area contributed by atoms with Crippen LogP contribution < -0.4 is 0 Å². The molecule has 1 heterocycles. The highest BCUT2D eigenvalue weighted by Crippen LogP contribution is 2.32. The predicted octanol–water partition coefficient (Wildman–Crippen LogP) is 4.13. The van der Waals surface area contributed by atoms with E-state index in [1.807, 2.05) is 12.1 Å². The summed E-state index contributed by atoms with van der Waals surface area (Å²) in [6.07, 6.45) is 4.12. The van der Waals surface area contributed by atoms with Crippen molar-refractivity contribution in [3.05, 3.63) is 17.2 Å². The molecule has 1 aromatic rings. The van der Waals surface area contributed by atoms with Crippen molar-refractivity contribution < 1.29 is 0 Å². The monoisotopic (exact) mass is 223 g/mol. The van der Waals surface area contributed by atoms with Crippen molar-refractivity contribution in [2.45, 2.75) is 8.42 Å². The van der Waals surface area contributed by atoms with Crippen molar-refractivity contribution >= 4 is 46.5 Å². The minimum atomic E-state index is 0.831. The Morgan fingerprint density at radius 1 is 1.18 bits per heavy atom. The van der Waals surface area contributed by atoms with Crippen LogP contribution in [-0.2, 0) is 0 Å². The molecule has 0 saturated heterocycles. The van der Waals surface area contributed by atoms with Gasteiger partial charge in [0.1, 0.15) is 0 Å². The smallest absolute Gasteiger partial charge is 0.0839 e. The molecule has 1 aromatic heterocycles. The molecular formula is C7H8ClS3+. The van der Waals surface area contributed by atoms with Gasteiger partial charge in [-0.05, 0) is 12.5 Å². The Morgan fingerprint density at radius 2 is 1.64 bits per heavy atom. The molecule has 0 nitrogen and oxygen atoms in total. The topological polar surface area (TPSA) is 0 Å². The molecule has 0 fully saturated rings. The maximum Gasteiger partial charge on any atom is 0.266 e. The van der Waals surface area contributed by atoms with Crippen molar-refractivity contribution in [1.82, 2.24) is 0 Å². The average Bonchev–Trinajstić information content (AvgIpc) is 2.03. The average molecular weight is 224 g/mol. The van der Waals surface area contributed by atoms with Crippen molar-refractivity contribution in [3.63, 3.8) is 0 Å². The summed E-state index contributed by atoms with van der Waals surface area (Å²) in [7, 11) is 0. The van der Waals surface area contributed by atoms with E-state index in [1.165, 1.54) is 8.42 Å². The second kappa shape index (κ2) is 4.55. The molecule has 0 aromatic carbocycles. The van der Waals surface area contributed by atoms with Gasteiger partial charge in [-0.2, -0.15) is 0 Å². The molecule has 0 atom stereocenters. The number of hydrogen-bond donors (Lipinski definition) is 0. The lowest BCUT2D eigenvalue weighted by molar-refractivity contribution is 1.57. The summed E-state index contributed by atoms with van der Waals surface area (Å²) in [5, 5.41) is 0.831. The molecule has 60 valence electrons. The third kappa shape index (κ3) is 2.82. The molecule has 0 aliphatic heterocycles. The summed E-state index contributed by atoms with van der Waals surface area (Å²) < 4.78 is 2.53. The number of halogens is 1. The van der Waals surface area contributed by atoms with Crippen LogP contribution in [0.2, 0.25) is 5.02 Å². The van der Waals surface area contributed by atoms with Crippen molar-refractivity contribution in [3.8, 4) is 0 Å². The standard InChI is InChI=1S/C7H8ClS3/c1-9-6-3-5(8)4-7(10-2)11-6/h3-4H,1-2H3/q+1. The number of rotatable bonds is 2. The van der Waals surface area contributed by atoms with E-state index >= 15 is 0 Å². The van der Waals surface area contributed by atoms with Gasteiger partial charge >= 0.3 is 0 Å². The first-order valence-electron chi connectivity index (χ1n) is 2.98. The van der Waals surface area contributed by atoms with Crippen LogP contribution in [0.25, 0.3) is 0 Å². The molecule has 0 N–H and O–H groups in total. The Bertz CT molecular complexity index is 227. The molecule has 0 amide bonds. The Morgan fingerprint density at radius 3 is 2.00 bits per heavy atom. The van der Waals surface area contributed by atoms with Crippen LogP contribution in [0.1, 0.15) is 0 Å². The highest BCUT2D eigenvalue weighted by atomic mass is 35.5. The lowest BCUT2D eigenvalue weighted by atomic mass is 10.6. The first-order chi connectivity index (χ1) is 5.26. The lowest BCUT2D eigenvalue weighted by Gasteiger charge is -1.87. The quantitative estimate of drug-likeness (QED) is 0.546. The van der Waals surface area contributed by atoms with E-state index in [0.717, 1.165) is 5.02 Å². The Balaban J connectivity index is 3.02. The molecule has 0 aliphatic rings. The van der Waals surface area contributed by atoms with Gasteiger partial charge < -0.3 is 0 Å². The van der Waals surface area contributed by atoms with Gasteiger partial charge in [0.25, 0.3) is 8.42 Å². The summed E-state index contributed by atoms with van der Waals surface area (Å²) in [4.78, 5) is 0. The lowest BCUT2D eigenvalue weighted by Crippen LogP contribution is -1.68. The van der Waals surface area contributed by atoms with Crippen LogP contribution in [0.5, 0.6) is 0 Å².